The van der Waals surface area contributed by atoms with Gasteiger partial charge >= 0.3 is 5.97 Å². The van der Waals surface area contributed by atoms with Crippen molar-refractivity contribution in [3.8, 4) is 10.6 Å². The third kappa shape index (κ3) is 4.89. The van der Waals surface area contributed by atoms with Gasteiger partial charge in [-0.2, -0.15) is 0 Å². The lowest BCUT2D eigenvalue weighted by Gasteiger charge is -2.14. The van der Waals surface area contributed by atoms with E-state index in [1.165, 1.54) is 16.9 Å². The lowest BCUT2D eigenvalue weighted by molar-refractivity contribution is -0.125. The van der Waals surface area contributed by atoms with Gasteiger partial charge in [0.2, 0.25) is 0 Å². The summed E-state index contributed by atoms with van der Waals surface area (Å²) in [7, 11) is 0. The molecule has 1 aromatic carbocycles. The van der Waals surface area contributed by atoms with E-state index >= 15 is 0 Å². The Bertz CT molecular complexity index is 691. The molecule has 1 amide bonds. The maximum atomic E-state index is 12.0. The Balaban J connectivity index is 1.91. The molecule has 2 rings (SSSR count). The monoisotopic (exact) mass is 346 g/mol. The molecule has 0 fully saturated rings. The third-order valence-electron chi connectivity index (χ3n) is 3.70. The van der Waals surface area contributed by atoms with Crippen molar-refractivity contribution in [1.29, 1.82) is 0 Å². The average molecular weight is 346 g/mol. The Morgan fingerprint density at radius 1 is 1.21 bits per heavy atom. The minimum Gasteiger partial charge on any atom is -0.451 e. The number of nitrogens with zero attached hydrogens (tertiary/aromatic N) is 1. The second-order valence-corrected chi connectivity index (χ2v) is 6.42. The Hall–Kier alpha value is -2.21. The van der Waals surface area contributed by atoms with E-state index in [2.05, 4.69) is 10.3 Å². The van der Waals surface area contributed by atoms with E-state index in [1.807, 2.05) is 45.0 Å². The van der Waals surface area contributed by atoms with Crippen LogP contribution in [0, 0.1) is 6.92 Å². The molecule has 0 unspecified atom stereocenters. The van der Waals surface area contributed by atoms with Gasteiger partial charge in [-0.15, -0.1) is 11.3 Å². The minimum absolute atomic E-state index is 0.114. The van der Waals surface area contributed by atoms with Crippen LogP contribution in [0.15, 0.2) is 29.6 Å². The molecule has 0 aliphatic carbocycles. The number of benzene rings is 1. The first-order valence-electron chi connectivity index (χ1n) is 8.02. The molecule has 24 heavy (non-hydrogen) atoms. The molecule has 0 aliphatic rings. The van der Waals surface area contributed by atoms with Crippen LogP contribution in [0.1, 0.15) is 42.7 Å². The Morgan fingerprint density at radius 3 is 2.50 bits per heavy atom. The van der Waals surface area contributed by atoms with Crippen LogP contribution in [0.4, 0.5) is 0 Å². The number of rotatable bonds is 7. The Morgan fingerprint density at radius 2 is 1.88 bits per heavy atom. The largest absolute Gasteiger partial charge is 0.451 e. The Labute approximate surface area is 146 Å². The summed E-state index contributed by atoms with van der Waals surface area (Å²) in [5.74, 6) is -0.865. The van der Waals surface area contributed by atoms with Gasteiger partial charge in [-0.25, -0.2) is 9.78 Å². The molecule has 1 aromatic heterocycles. The fourth-order valence-electron chi connectivity index (χ4n) is 2.16. The third-order valence-corrected chi connectivity index (χ3v) is 4.59. The van der Waals surface area contributed by atoms with E-state index in [0.717, 1.165) is 23.4 Å². The van der Waals surface area contributed by atoms with E-state index in [1.54, 1.807) is 5.38 Å². The molecule has 0 radical (unpaired) electrons. The van der Waals surface area contributed by atoms with E-state index in [0.29, 0.717) is 0 Å². The molecule has 0 bridgehead atoms. The highest BCUT2D eigenvalue weighted by Gasteiger charge is 2.16. The van der Waals surface area contributed by atoms with Crippen LogP contribution < -0.4 is 5.32 Å². The zero-order chi connectivity index (χ0) is 17.5. The highest BCUT2D eigenvalue weighted by atomic mass is 32.1. The van der Waals surface area contributed by atoms with Gasteiger partial charge in [-0.3, -0.25) is 4.79 Å². The van der Waals surface area contributed by atoms with Crippen LogP contribution in [-0.4, -0.2) is 29.5 Å². The van der Waals surface area contributed by atoms with Gasteiger partial charge in [0, 0.05) is 17.0 Å². The first kappa shape index (κ1) is 18.1. The molecule has 0 aliphatic heterocycles. The molecule has 6 heteroatoms. The van der Waals surface area contributed by atoms with Gasteiger partial charge in [-0.1, -0.05) is 43.7 Å². The number of carbonyl (C=O) groups excluding carboxylic acids is 2. The maximum Gasteiger partial charge on any atom is 0.358 e. The van der Waals surface area contributed by atoms with Crippen molar-refractivity contribution in [2.75, 3.05) is 6.61 Å². The number of thiazole rings is 1. The lowest BCUT2D eigenvalue weighted by Crippen LogP contribution is -2.36. The van der Waals surface area contributed by atoms with Crippen molar-refractivity contribution in [1.82, 2.24) is 10.3 Å². The number of aryl methyl sites for hydroxylation is 1. The van der Waals surface area contributed by atoms with E-state index in [9.17, 15) is 9.59 Å². The van der Waals surface area contributed by atoms with E-state index in [-0.39, 0.29) is 24.2 Å². The van der Waals surface area contributed by atoms with Crippen molar-refractivity contribution in [3.05, 3.63) is 40.9 Å². The molecule has 1 heterocycles. The first-order chi connectivity index (χ1) is 11.5. The second-order valence-electron chi connectivity index (χ2n) is 5.56. The number of hydrogen-bond donors (Lipinski definition) is 1. The smallest absolute Gasteiger partial charge is 0.358 e. The summed E-state index contributed by atoms with van der Waals surface area (Å²) in [6.45, 7) is 5.73. The minimum atomic E-state index is -0.579. The van der Waals surface area contributed by atoms with Crippen LogP contribution in [0.3, 0.4) is 0 Å². The maximum absolute atomic E-state index is 12.0. The number of carbonyl (C=O) groups is 2. The number of nitrogens with one attached hydrogen (secondary N) is 1. The summed E-state index contributed by atoms with van der Waals surface area (Å²) in [6.07, 6.45) is 1.70. The normalized spacial score (nSPS) is 10.7. The molecule has 1 N–H and O–H groups in total. The Kier molecular flexibility index (Phi) is 6.49. The van der Waals surface area contributed by atoms with Gasteiger partial charge in [0.25, 0.3) is 5.91 Å². The summed E-state index contributed by atoms with van der Waals surface area (Å²) in [5, 5.41) is 5.23. The molecule has 2 aromatic rings. The van der Waals surface area contributed by atoms with E-state index in [4.69, 9.17) is 4.74 Å². The van der Waals surface area contributed by atoms with Crippen molar-refractivity contribution in [2.24, 2.45) is 0 Å². The topological polar surface area (TPSA) is 68.3 Å². The molecule has 0 spiro atoms. The van der Waals surface area contributed by atoms with Crippen molar-refractivity contribution >= 4 is 23.2 Å². The van der Waals surface area contributed by atoms with Gasteiger partial charge in [0.15, 0.2) is 12.3 Å². The first-order valence-corrected chi connectivity index (χ1v) is 8.90. The summed E-state index contributed by atoms with van der Waals surface area (Å²) in [5.41, 5.74) is 2.35. The number of ether oxygens (including phenoxy) is 1. The number of esters is 1. The summed E-state index contributed by atoms with van der Waals surface area (Å²) in [6, 6.07) is 8.04. The number of hydrogen-bond acceptors (Lipinski definition) is 5. The standard InChI is InChI=1S/C18H22N2O3S/c1-4-14(5-2)19-16(21)10-23-18(22)15-11-24-17(20-15)13-8-6-12(3)7-9-13/h6-9,11,14H,4-5,10H2,1-3H3,(H,19,21). The van der Waals surface area contributed by atoms with E-state index < -0.39 is 5.97 Å². The predicted molar refractivity (Wildman–Crippen MR) is 95.1 cm³/mol. The summed E-state index contributed by atoms with van der Waals surface area (Å²) < 4.78 is 5.04. The van der Waals surface area contributed by atoms with Crippen LogP contribution >= 0.6 is 11.3 Å². The molecular formula is C18H22N2O3S. The number of amides is 1. The molecule has 0 saturated carbocycles. The average Bonchev–Trinajstić information content (AvgIpc) is 3.08. The molecule has 5 nitrogen and oxygen atoms in total. The number of aromatic nitrogens is 1. The van der Waals surface area contributed by atoms with Crippen molar-refractivity contribution in [3.63, 3.8) is 0 Å². The van der Waals surface area contributed by atoms with Crippen LogP contribution in [-0.2, 0) is 9.53 Å². The van der Waals surface area contributed by atoms with Crippen LogP contribution in [0.2, 0.25) is 0 Å². The fraction of sp³-hybridized carbons (Fsp3) is 0.389. The quantitative estimate of drug-likeness (QED) is 0.778. The fourth-order valence-corrected chi connectivity index (χ4v) is 2.96. The molecule has 0 atom stereocenters. The zero-order valence-electron chi connectivity index (χ0n) is 14.2. The predicted octanol–water partition coefficient (Wildman–Crippen LogP) is 3.58. The van der Waals surface area contributed by atoms with Crippen LogP contribution in [0.5, 0.6) is 0 Å². The second kappa shape index (κ2) is 8.59. The SMILES string of the molecule is CCC(CC)NC(=O)COC(=O)c1csc(-c2ccc(C)cc2)n1. The molecular weight excluding hydrogens is 324 g/mol. The van der Waals surface area contributed by atoms with Gasteiger partial charge in [0.1, 0.15) is 5.01 Å². The van der Waals surface area contributed by atoms with Crippen molar-refractivity contribution in [2.45, 2.75) is 39.7 Å². The molecule has 0 saturated heterocycles. The van der Waals surface area contributed by atoms with Gasteiger partial charge < -0.3 is 10.1 Å². The van der Waals surface area contributed by atoms with Gasteiger partial charge in [0.05, 0.1) is 0 Å². The highest BCUT2D eigenvalue weighted by Crippen LogP contribution is 2.24. The zero-order valence-corrected chi connectivity index (χ0v) is 15.0. The summed E-state index contributed by atoms with van der Waals surface area (Å²) in [4.78, 5) is 28.1. The van der Waals surface area contributed by atoms with Gasteiger partial charge in [-0.05, 0) is 19.8 Å². The summed E-state index contributed by atoms with van der Waals surface area (Å²) >= 11 is 1.38. The van der Waals surface area contributed by atoms with Crippen LogP contribution in [0.25, 0.3) is 10.6 Å². The van der Waals surface area contributed by atoms with Crippen molar-refractivity contribution < 1.29 is 14.3 Å². The molecule has 128 valence electrons. The lowest BCUT2D eigenvalue weighted by atomic mass is 10.2. The highest BCUT2D eigenvalue weighted by molar-refractivity contribution is 7.13.